The van der Waals surface area contributed by atoms with Gasteiger partial charge >= 0.3 is 0 Å². The van der Waals surface area contributed by atoms with Crippen LogP contribution < -0.4 is 0 Å². The maximum Gasteiger partial charge on any atom is -0.0155 e. The molecule has 0 aliphatic carbocycles. The van der Waals surface area contributed by atoms with Crippen LogP contribution >= 0.6 is 0 Å². The van der Waals surface area contributed by atoms with Crippen molar-refractivity contribution in [3.8, 4) is 11.1 Å². The van der Waals surface area contributed by atoms with E-state index in [1.165, 1.54) is 44.5 Å². The van der Waals surface area contributed by atoms with Gasteiger partial charge in [-0.2, -0.15) is 0 Å². The third kappa shape index (κ3) is 3.49. The van der Waals surface area contributed by atoms with Crippen LogP contribution in [0.1, 0.15) is 33.4 Å². The van der Waals surface area contributed by atoms with Crippen LogP contribution in [0.2, 0.25) is 0 Å². The fourth-order valence-electron chi connectivity index (χ4n) is 3.30. The molecule has 0 saturated carbocycles. The van der Waals surface area contributed by atoms with Crippen LogP contribution in [0, 0.1) is 27.7 Å². The van der Waals surface area contributed by atoms with Crippen LogP contribution in [-0.4, -0.2) is 0 Å². The molecule has 3 rings (SSSR count). The van der Waals surface area contributed by atoms with E-state index in [4.69, 9.17) is 0 Å². The first kappa shape index (κ1) is 16.3. The van der Waals surface area contributed by atoms with E-state index in [0.717, 1.165) is 0 Å². The van der Waals surface area contributed by atoms with Crippen molar-refractivity contribution >= 4 is 12.2 Å². The summed E-state index contributed by atoms with van der Waals surface area (Å²) >= 11 is 0. The Kier molecular flexibility index (Phi) is 4.66. The summed E-state index contributed by atoms with van der Waals surface area (Å²) in [5.74, 6) is 0. The highest BCUT2D eigenvalue weighted by atomic mass is 14.1. The Balaban J connectivity index is 1.86. The highest BCUT2D eigenvalue weighted by molar-refractivity contribution is 5.75. The predicted octanol–water partition coefficient (Wildman–Crippen LogP) is 6.76. The Labute approximate surface area is 145 Å². The monoisotopic (exact) mass is 312 g/mol. The molecule has 0 unspecified atom stereocenters. The van der Waals surface area contributed by atoms with Crippen LogP contribution in [-0.2, 0) is 0 Å². The summed E-state index contributed by atoms with van der Waals surface area (Å²) < 4.78 is 0. The van der Waals surface area contributed by atoms with Gasteiger partial charge in [-0.1, -0.05) is 78.4 Å². The normalized spacial score (nSPS) is 11.2. The van der Waals surface area contributed by atoms with Gasteiger partial charge in [0.15, 0.2) is 0 Å². The maximum absolute atomic E-state index is 2.24. The molecule has 0 saturated heterocycles. The molecule has 0 aliphatic heterocycles. The Morgan fingerprint density at radius 2 is 1.25 bits per heavy atom. The van der Waals surface area contributed by atoms with Crippen LogP contribution in [0.3, 0.4) is 0 Å². The zero-order valence-corrected chi connectivity index (χ0v) is 14.9. The summed E-state index contributed by atoms with van der Waals surface area (Å²) in [5.41, 5.74) is 10.4. The molecule has 0 nitrogen and oxygen atoms in total. The quantitative estimate of drug-likeness (QED) is 0.469. The number of benzene rings is 3. The molecule has 0 heteroatoms. The SMILES string of the molecule is Cc1cc(C)c(C=Cc2ccc(-c3ccccc3C)cc2)c(C)c1. The van der Waals surface area contributed by atoms with Gasteiger partial charge in [0.05, 0.1) is 0 Å². The van der Waals surface area contributed by atoms with E-state index in [1.54, 1.807) is 0 Å². The largest absolute Gasteiger partial charge is 0.0620 e. The molecular weight excluding hydrogens is 288 g/mol. The average Bonchev–Trinajstić information content (AvgIpc) is 2.55. The highest BCUT2D eigenvalue weighted by Crippen LogP contribution is 2.24. The molecule has 3 aromatic carbocycles. The standard InChI is InChI=1S/C24H24/c1-17-15-19(3)23(20(4)16-17)14-11-21-9-12-22(13-10-21)24-8-6-5-7-18(24)2/h5-16H,1-4H3. The number of hydrogen-bond donors (Lipinski definition) is 0. The second kappa shape index (κ2) is 6.88. The van der Waals surface area contributed by atoms with Gasteiger partial charge in [0, 0.05) is 0 Å². The van der Waals surface area contributed by atoms with Crippen molar-refractivity contribution in [1.29, 1.82) is 0 Å². The number of aryl methyl sites for hydroxylation is 4. The molecule has 24 heavy (non-hydrogen) atoms. The van der Waals surface area contributed by atoms with Crippen LogP contribution in [0.15, 0.2) is 60.7 Å². The van der Waals surface area contributed by atoms with Gasteiger partial charge < -0.3 is 0 Å². The first-order valence-corrected chi connectivity index (χ1v) is 8.46. The summed E-state index contributed by atoms with van der Waals surface area (Å²) in [4.78, 5) is 0. The van der Waals surface area contributed by atoms with Gasteiger partial charge in [-0.05, 0) is 66.6 Å². The lowest BCUT2D eigenvalue weighted by Gasteiger charge is -2.08. The third-order valence-electron chi connectivity index (χ3n) is 4.55. The zero-order chi connectivity index (χ0) is 17.1. The number of hydrogen-bond acceptors (Lipinski definition) is 0. The van der Waals surface area contributed by atoms with Gasteiger partial charge in [-0.15, -0.1) is 0 Å². The van der Waals surface area contributed by atoms with Crippen LogP contribution in [0.4, 0.5) is 0 Å². The third-order valence-corrected chi connectivity index (χ3v) is 4.55. The van der Waals surface area contributed by atoms with Crippen molar-refractivity contribution in [3.63, 3.8) is 0 Å². The summed E-state index contributed by atoms with van der Waals surface area (Å²) in [6.45, 7) is 8.67. The van der Waals surface area contributed by atoms with Crippen molar-refractivity contribution in [2.45, 2.75) is 27.7 Å². The molecule has 0 atom stereocenters. The molecule has 0 aliphatic rings. The molecule has 3 aromatic rings. The van der Waals surface area contributed by atoms with E-state index >= 15 is 0 Å². The Bertz CT molecular complexity index is 857. The summed E-state index contributed by atoms with van der Waals surface area (Å²) in [6.07, 6.45) is 4.43. The van der Waals surface area contributed by atoms with Crippen molar-refractivity contribution in [2.24, 2.45) is 0 Å². The lowest BCUT2D eigenvalue weighted by atomic mass is 9.97. The van der Waals surface area contributed by atoms with Crippen molar-refractivity contribution in [1.82, 2.24) is 0 Å². The van der Waals surface area contributed by atoms with Gasteiger partial charge in [0.1, 0.15) is 0 Å². The van der Waals surface area contributed by atoms with E-state index in [0.29, 0.717) is 0 Å². The second-order valence-electron chi connectivity index (χ2n) is 6.58. The molecule has 0 N–H and O–H groups in total. The Hall–Kier alpha value is -2.60. The van der Waals surface area contributed by atoms with Gasteiger partial charge in [-0.3, -0.25) is 0 Å². The van der Waals surface area contributed by atoms with Crippen molar-refractivity contribution < 1.29 is 0 Å². The molecule has 0 amide bonds. The van der Waals surface area contributed by atoms with Gasteiger partial charge in [0.25, 0.3) is 0 Å². The predicted molar refractivity (Wildman–Crippen MR) is 106 cm³/mol. The fraction of sp³-hybridized carbons (Fsp3) is 0.167. The Morgan fingerprint density at radius 1 is 0.625 bits per heavy atom. The fourth-order valence-corrected chi connectivity index (χ4v) is 3.30. The van der Waals surface area contributed by atoms with Crippen molar-refractivity contribution in [3.05, 3.63) is 94.0 Å². The smallest absolute Gasteiger partial charge is 0.0155 e. The van der Waals surface area contributed by atoms with E-state index < -0.39 is 0 Å². The summed E-state index contributed by atoms with van der Waals surface area (Å²) in [5, 5.41) is 0. The molecule has 120 valence electrons. The molecule has 0 aromatic heterocycles. The van der Waals surface area contributed by atoms with Gasteiger partial charge in [0.2, 0.25) is 0 Å². The zero-order valence-electron chi connectivity index (χ0n) is 14.9. The lowest BCUT2D eigenvalue weighted by molar-refractivity contribution is 1.30. The average molecular weight is 312 g/mol. The van der Waals surface area contributed by atoms with Crippen molar-refractivity contribution in [2.75, 3.05) is 0 Å². The highest BCUT2D eigenvalue weighted by Gasteiger charge is 2.02. The van der Waals surface area contributed by atoms with E-state index in [1.807, 2.05) is 0 Å². The number of rotatable bonds is 3. The van der Waals surface area contributed by atoms with Gasteiger partial charge in [-0.25, -0.2) is 0 Å². The second-order valence-corrected chi connectivity index (χ2v) is 6.58. The minimum absolute atomic E-state index is 1.23. The van der Waals surface area contributed by atoms with E-state index in [2.05, 4.69) is 101 Å². The molecule has 0 heterocycles. The Morgan fingerprint density at radius 3 is 1.88 bits per heavy atom. The minimum atomic E-state index is 1.23. The molecule has 0 radical (unpaired) electrons. The van der Waals surface area contributed by atoms with Crippen LogP contribution in [0.5, 0.6) is 0 Å². The molecule has 0 bridgehead atoms. The van der Waals surface area contributed by atoms with E-state index in [9.17, 15) is 0 Å². The van der Waals surface area contributed by atoms with E-state index in [-0.39, 0.29) is 0 Å². The topological polar surface area (TPSA) is 0 Å². The summed E-state index contributed by atoms with van der Waals surface area (Å²) in [6, 6.07) is 21.8. The summed E-state index contributed by atoms with van der Waals surface area (Å²) in [7, 11) is 0. The minimum Gasteiger partial charge on any atom is -0.0620 e. The molecular formula is C24H24. The molecule has 0 fully saturated rings. The first-order chi connectivity index (χ1) is 11.5. The molecule has 0 spiro atoms. The van der Waals surface area contributed by atoms with Crippen LogP contribution in [0.25, 0.3) is 23.3 Å². The lowest BCUT2D eigenvalue weighted by Crippen LogP contribution is -1.88. The first-order valence-electron chi connectivity index (χ1n) is 8.46. The maximum atomic E-state index is 2.24.